The largest absolute Gasteiger partial charge is 0.423 e. The quantitative estimate of drug-likeness (QED) is 0.447. The molecule has 2 aromatic carbocycles. The predicted octanol–water partition coefficient (Wildman–Crippen LogP) is 3.19. The number of hydrogen-bond acceptors (Lipinski definition) is 5. The third-order valence-corrected chi connectivity index (χ3v) is 3.75. The summed E-state index contributed by atoms with van der Waals surface area (Å²) < 4.78 is 5.15. The highest BCUT2D eigenvalue weighted by atomic mass is 16.6. The van der Waals surface area contributed by atoms with E-state index in [2.05, 4.69) is 5.32 Å². The first-order chi connectivity index (χ1) is 11.9. The van der Waals surface area contributed by atoms with Crippen LogP contribution in [0.5, 0.6) is 0 Å². The molecule has 3 aromatic rings. The van der Waals surface area contributed by atoms with E-state index in [0.717, 1.165) is 10.9 Å². The lowest BCUT2D eigenvalue weighted by Gasteiger charge is -2.07. The molecule has 0 spiro atoms. The minimum Gasteiger partial charge on any atom is -0.423 e. The maximum atomic E-state index is 12.1. The molecule has 0 aliphatic heterocycles. The van der Waals surface area contributed by atoms with Crippen LogP contribution in [-0.4, -0.2) is 10.8 Å². The summed E-state index contributed by atoms with van der Waals surface area (Å²) in [6.45, 7) is 1.81. The van der Waals surface area contributed by atoms with Gasteiger partial charge in [-0.3, -0.25) is 14.9 Å². The fraction of sp³-hybridized carbons (Fsp3) is 0.111. The lowest BCUT2D eigenvalue weighted by atomic mass is 10.1. The fourth-order valence-corrected chi connectivity index (χ4v) is 2.53. The summed E-state index contributed by atoms with van der Waals surface area (Å²) in [5.74, 6) is -0.275. The Labute approximate surface area is 142 Å². The average Bonchev–Trinajstić information content (AvgIpc) is 2.54. The smallest absolute Gasteiger partial charge is 0.336 e. The van der Waals surface area contributed by atoms with E-state index in [1.807, 2.05) is 6.92 Å². The predicted molar refractivity (Wildman–Crippen MR) is 92.7 cm³/mol. The van der Waals surface area contributed by atoms with Crippen molar-refractivity contribution < 1.29 is 14.1 Å². The summed E-state index contributed by atoms with van der Waals surface area (Å²) in [7, 11) is 0. The maximum absolute atomic E-state index is 12.1. The van der Waals surface area contributed by atoms with Crippen LogP contribution in [0.15, 0.2) is 57.7 Å². The normalized spacial score (nSPS) is 10.6. The molecule has 1 heterocycles. The van der Waals surface area contributed by atoms with Crippen molar-refractivity contribution in [1.82, 2.24) is 0 Å². The molecule has 0 saturated carbocycles. The topological polar surface area (TPSA) is 102 Å². The van der Waals surface area contributed by atoms with Crippen LogP contribution >= 0.6 is 0 Å². The first-order valence-electron chi connectivity index (χ1n) is 7.50. The number of nitro groups is 1. The molecule has 0 saturated heterocycles. The van der Waals surface area contributed by atoms with E-state index in [9.17, 15) is 19.7 Å². The number of rotatable bonds is 4. The molecule has 1 amide bonds. The molecular weight excluding hydrogens is 324 g/mol. The van der Waals surface area contributed by atoms with Crippen LogP contribution in [0.3, 0.4) is 0 Å². The lowest BCUT2D eigenvalue weighted by Crippen LogP contribution is -2.14. The molecule has 0 unspecified atom stereocenters. The van der Waals surface area contributed by atoms with Crippen molar-refractivity contribution in [1.29, 1.82) is 0 Å². The maximum Gasteiger partial charge on any atom is 0.336 e. The number of aryl methyl sites for hydroxylation is 1. The highest BCUT2D eigenvalue weighted by molar-refractivity contribution is 5.94. The van der Waals surface area contributed by atoms with Crippen molar-refractivity contribution in [2.45, 2.75) is 13.3 Å². The second-order valence-corrected chi connectivity index (χ2v) is 5.61. The van der Waals surface area contributed by atoms with Gasteiger partial charge in [-0.05, 0) is 30.2 Å². The first-order valence-corrected chi connectivity index (χ1v) is 7.50. The van der Waals surface area contributed by atoms with E-state index in [1.165, 1.54) is 18.2 Å². The van der Waals surface area contributed by atoms with Gasteiger partial charge in [0, 0.05) is 35.3 Å². The molecule has 0 aliphatic rings. The van der Waals surface area contributed by atoms with Crippen LogP contribution in [0.4, 0.5) is 11.4 Å². The Balaban J connectivity index is 1.75. The summed E-state index contributed by atoms with van der Waals surface area (Å²) in [6, 6.07) is 12.3. The van der Waals surface area contributed by atoms with Gasteiger partial charge in [0.1, 0.15) is 5.58 Å². The Hall–Kier alpha value is -3.48. The number of nitrogens with one attached hydrogen (secondary N) is 1. The average molecular weight is 338 g/mol. The van der Waals surface area contributed by atoms with E-state index in [1.54, 1.807) is 30.3 Å². The van der Waals surface area contributed by atoms with Gasteiger partial charge in [-0.2, -0.15) is 0 Å². The van der Waals surface area contributed by atoms with Crippen molar-refractivity contribution in [3.8, 4) is 0 Å². The molecule has 7 heteroatoms. The van der Waals surface area contributed by atoms with E-state index in [0.29, 0.717) is 16.8 Å². The molecule has 3 rings (SSSR count). The lowest BCUT2D eigenvalue weighted by molar-refractivity contribution is -0.384. The minimum absolute atomic E-state index is 0.0240. The first kappa shape index (κ1) is 16.4. The summed E-state index contributed by atoms with van der Waals surface area (Å²) in [5, 5.41) is 14.1. The molecule has 0 fully saturated rings. The van der Waals surface area contributed by atoms with Crippen molar-refractivity contribution in [2.24, 2.45) is 0 Å². The van der Waals surface area contributed by atoms with Gasteiger partial charge in [-0.25, -0.2) is 4.79 Å². The van der Waals surface area contributed by atoms with Crippen LogP contribution in [0, 0.1) is 17.0 Å². The minimum atomic E-state index is -0.491. The Kier molecular flexibility index (Phi) is 4.30. The molecule has 1 N–H and O–H groups in total. The molecule has 126 valence electrons. The van der Waals surface area contributed by atoms with E-state index in [4.69, 9.17) is 4.42 Å². The van der Waals surface area contributed by atoms with Crippen LogP contribution < -0.4 is 10.9 Å². The molecule has 0 aliphatic carbocycles. The van der Waals surface area contributed by atoms with Crippen molar-refractivity contribution in [2.75, 3.05) is 5.32 Å². The number of carbonyl (C=O) groups is 1. The summed E-state index contributed by atoms with van der Waals surface area (Å²) in [5.41, 5.74) is 1.90. The summed E-state index contributed by atoms with van der Waals surface area (Å²) >= 11 is 0. The zero-order valence-corrected chi connectivity index (χ0v) is 13.3. The zero-order valence-electron chi connectivity index (χ0n) is 13.3. The van der Waals surface area contributed by atoms with Gasteiger partial charge in [-0.15, -0.1) is 0 Å². The van der Waals surface area contributed by atoms with Crippen LogP contribution in [0.2, 0.25) is 0 Å². The third kappa shape index (κ3) is 3.72. The Morgan fingerprint density at radius 3 is 2.56 bits per heavy atom. The number of non-ortho nitro benzene ring substituents is 1. The second-order valence-electron chi connectivity index (χ2n) is 5.61. The van der Waals surface area contributed by atoms with Gasteiger partial charge in [0.15, 0.2) is 0 Å². The summed E-state index contributed by atoms with van der Waals surface area (Å²) in [4.78, 5) is 33.7. The van der Waals surface area contributed by atoms with Crippen molar-refractivity contribution in [3.63, 3.8) is 0 Å². The zero-order chi connectivity index (χ0) is 18.0. The van der Waals surface area contributed by atoms with Gasteiger partial charge in [0.25, 0.3) is 5.69 Å². The number of hydrogen-bond donors (Lipinski definition) is 1. The van der Waals surface area contributed by atoms with Crippen LogP contribution in [0.1, 0.15) is 11.1 Å². The van der Waals surface area contributed by atoms with E-state index >= 15 is 0 Å². The molecule has 0 atom stereocenters. The second kappa shape index (κ2) is 6.56. The molecule has 0 bridgehead atoms. The van der Waals surface area contributed by atoms with Gasteiger partial charge in [-0.1, -0.05) is 12.1 Å². The number of amides is 1. The molecular formula is C18H14N2O5. The Bertz CT molecular complexity index is 1020. The van der Waals surface area contributed by atoms with E-state index < -0.39 is 10.5 Å². The summed E-state index contributed by atoms with van der Waals surface area (Å²) in [6.07, 6.45) is 0.0772. The van der Waals surface area contributed by atoms with Gasteiger partial charge < -0.3 is 9.73 Å². The number of nitrogens with zero attached hydrogens (tertiary/aromatic N) is 1. The molecule has 0 radical (unpaired) electrons. The van der Waals surface area contributed by atoms with Crippen LogP contribution in [0.25, 0.3) is 11.0 Å². The molecule has 7 nitrogen and oxygen atoms in total. The van der Waals surface area contributed by atoms with Gasteiger partial charge >= 0.3 is 5.63 Å². The fourth-order valence-electron chi connectivity index (χ4n) is 2.53. The third-order valence-electron chi connectivity index (χ3n) is 3.75. The molecule has 25 heavy (non-hydrogen) atoms. The highest BCUT2D eigenvalue weighted by Gasteiger charge is 2.09. The number of nitro benzene ring substituents is 1. The van der Waals surface area contributed by atoms with Gasteiger partial charge in [0.2, 0.25) is 5.91 Å². The van der Waals surface area contributed by atoms with Crippen molar-refractivity contribution in [3.05, 3.63) is 80.2 Å². The molecule has 1 aromatic heterocycles. The Morgan fingerprint density at radius 1 is 1.16 bits per heavy atom. The Morgan fingerprint density at radius 2 is 1.88 bits per heavy atom. The highest BCUT2D eigenvalue weighted by Crippen LogP contribution is 2.21. The van der Waals surface area contributed by atoms with Gasteiger partial charge in [0.05, 0.1) is 11.3 Å². The van der Waals surface area contributed by atoms with Crippen LogP contribution in [-0.2, 0) is 11.2 Å². The standard InChI is InChI=1S/C18H14N2O5/c1-11-8-18(22)25-16-10-13(4-7-15(11)16)19-17(21)9-12-2-5-14(6-3-12)20(23)24/h2-8,10H,9H2,1H3,(H,19,21). The number of benzene rings is 2. The number of fused-ring (bicyclic) bond motifs is 1. The SMILES string of the molecule is Cc1cc(=O)oc2cc(NC(=O)Cc3ccc([N+](=O)[O-])cc3)ccc12. The number of carbonyl (C=O) groups excluding carboxylic acids is 1. The van der Waals surface area contributed by atoms with E-state index in [-0.39, 0.29) is 18.0 Å². The van der Waals surface area contributed by atoms with Crippen molar-refractivity contribution >= 4 is 28.3 Å². The monoisotopic (exact) mass is 338 g/mol. The number of anilines is 1.